The minimum Gasteiger partial charge on any atom is -0.366 e. The number of nitrogens with zero attached hydrogens (tertiary/aromatic N) is 1. The van der Waals surface area contributed by atoms with Crippen molar-refractivity contribution >= 4 is 11.5 Å². The summed E-state index contributed by atoms with van der Waals surface area (Å²) < 4.78 is 11.6. The van der Waals surface area contributed by atoms with Crippen molar-refractivity contribution < 1.29 is 14.3 Å². The Labute approximate surface area is 132 Å². The molecule has 4 nitrogen and oxygen atoms in total. The van der Waals surface area contributed by atoms with Gasteiger partial charge in [-0.25, -0.2) is 0 Å². The molecule has 1 aromatic rings. The van der Waals surface area contributed by atoms with Gasteiger partial charge in [-0.05, 0) is 50.3 Å². The number of hydrogen-bond acceptors (Lipinski definition) is 4. The van der Waals surface area contributed by atoms with Crippen LogP contribution in [0.2, 0.25) is 0 Å². The number of rotatable bonds is 6. The molecule has 2 aliphatic rings. The summed E-state index contributed by atoms with van der Waals surface area (Å²) in [5, 5.41) is 0. The van der Waals surface area contributed by atoms with Gasteiger partial charge in [0.1, 0.15) is 5.78 Å². The first-order chi connectivity index (χ1) is 10.7. The van der Waals surface area contributed by atoms with E-state index in [1.165, 1.54) is 17.7 Å². The monoisotopic (exact) mass is 303 g/mol. The van der Waals surface area contributed by atoms with Gasteiger partial charge in [0.2, 0.25) is 0 Å². The number of carbonyl (C=O) groups is 1. The number of ether oxygens (including phenoxy) is 2. The minimum atomic E-state index is 0.00913. The molecule has 0 N–H and O–H groups in total. The Bertz CT molecular complexity index is 488. The van der Waals surface area contributed by atoms with Crippen LogP contribution < -0.4 is 4.90 Å². The molecular weight excluding hydrogens is 278 g/mol. The van der Waals surface area contributed by atoms with Crippen LogP contribution in [0.1, 0.15) is 38.2 Å². The molecule has 4 heteroatoms. The highest BCUT2D eigenvalue weighted by Gasteiger charge is 2.30. The number of aryl methyl sites for hydroxylation is 1. The van der Waals surface area contributed by atoms with E-state index in [9.17, 15) is 4.79 Å². The molecule has 2 heterocycles. The number of hydrogen-bond donors (Lipinski definition) is 0. The van der Waals surface area contributed by atoms with Crippen LogP contribution in [-0.4, -0.2) is 37.9 Å². The van der Waals surface area contributed by atoms with E-state index in [2.05, 4.69) is 29.2 Å². The first-order valence-corrected chi connectivity index (χ1v) is 8.31. The number of carbonyl (C=O) groups excluding carboxylic acids is 1. The number of anilines is 1. The van der Waals surface area contributed by atoms with E-state index in [4.69, 9.17) is 9.47 Å². The van der Waals surface area contributed by atoms with Gasteiger partial charge in [0, 0.05) is 31.8 Å². The molecule has 0 amide bonds. The third-order valence-corrected chi connectivity index (χ3v) is 4.40. The van der Waals surface area contributed by atoms with Crippen molar-refractivity contribution in [2.75, 3.05) is 24.6 Å². The molecule has 0 aromatic heterocycles. The molecule has 3 rings (SSSR count). The van der Waals surface area contributed by atoms with Gasteiger partial charge < -0.3 is 19.2 Å². The Balaban J connectivity index is 1.43. The Kier molecular flexibility index (Phi) is 5.11. The molecule has 0 spiro atoms. The van der Waals surface area contributed by atoms with Crippen LogP contribution in [0.4, 0.5) is 5.69 Å². The Hall–Kier alpha value is -1.39. The molecule has 22 heavy (non-hydrogen) atoms. The first kappa shape index (κ1) is 15.5. The standard InChI is InChI=1S/C18H25NO3/c1-14(20)5-6-15-7-9-16(10-8-15)19-12-17(13-19)22-18-4-2-3-11-21-18/h7-10,17-18H,2-6,11-13H2,1H3. The van der Waals surface area contributed by atoms with Gasteiger partial charge in [-0.1, -0.05) is 12.1 Å². The van der Waals surface area contributed by atoms with E-state index in [0.29, 0.717) is 12.5 Å². The lowest BCUT2D eigenvalue weighted by Crippen LogP contribution is -2.54. The van der Waals surface area contributed by atoms with E-state index in [1.807, 2.05) is 0 Å². The second-order valence-electron chi connectivity index (χ2n) is 6.33. The molecule has 0 radical (unpaired) electrons. The van der Waals surface area contributed by atoms with E-state index in [-0.39, 0.29) is 12.1 Å². The second kappa shape index (κ2) is 7.25. The lowest BCUT2D eigenvalue weighted by atomic mass is 10.1. The van der Waals surface area contributed by atoms with Crippen LogP contribution in [0.25, 0.3) is 0 Å². The zero-order valence-corrected chi connectivity index (χ0v) is 13.3. The van der Waals surface area contributed by atoms with Gasteiger partial charge in [0.05, 0.1) is 6.10 Å². The van der Waals surface area contributed by atoms with Gasteiger partial charge in [-0.3, -0.25) is 0 Å². The minimum absolute atomic E-state index is 0.00913. The normalized spacial score (nSPS) is 22.4. The Morgan fingerprint density at radius 2 is 2.05 bits per heavy atom. The van der Waals surface area contributed by atoms with E-state index in [0.717, 1.165) is 39.0 Å². The number of ketones is 1. The van der Waals surface area contributed by atoms with E-state index in [1.54, 1.807) is 6.92 Å². The molecule has 1 atom stereocenters. The molecular formula is C18H25NO3. The summed E-state index contributed by atoms with van der Waals surface area (Å²) in [7, 11) is 0. The summed E-state index contributed by atoms with van der Waals surface area (Å²) >= 11 is 0. The average molecular weight is 303 g/mol. The lowest BCUT2D eigenvalue weighted by Gasteiger charge is -2.42. The number of benzene rings is 1. The van der Waals surface area contributed by atoms with Crippen LogP contribution in [0.15, 0.2) is 24.3 Å². The summed E-state index contributed by atoms with van der Waals surface area (Å²) in [6.45, 7) is 4.35. The topological polar surface area (TPSA) is 38.8 Å². The highest BCUT2D eigenvalue weighted by molar-refractivity contribution is 5.75. The zero-order chi connectivity index (χ0) is 15.4. The third kappa shape index (κ3) is 4.08. The maximum atomic E-state index is 11.0. The summed E-state index contributed by atoms with van der Waals surface area (Å²) in [5.41, 5.74) is 2.46. The summed E-state index contributed by atoms with van der Waals surface area (Å²) in [6.07, 6.45) is 5.16. The van der Waals surface area contributed by atoms with Crippen molar-refractivity contribution in [2.24, 2.45) is 0 Å². The first-order valence-electron chi connectivity index (χ1n) is 8.31. The third-order valence-electron chi connectivity index (χ3n) is 4.40. The molecule has 120 valence electrons. The number of Topliss-reactive ketones (excluding diaryl/α,β-unsaturated/α-hetero) is 1. The van der Waals surface area contributed by atoms with Gasteiger partial charge in [-0.2, -0.15) is 0 Å². The molecule has 2 aliphatic heterocycles. The van der Waals surface area contributed by atoms with Gasteiger partial charge in [-0.15, -0.1) is 0 Å². The lowest BCUT2D eigenvalue weighted by molar-refractivity contribution is -0.191. The van der Waals surface area contributed by atoms with Crippen LogP contribution in [0.5, 0.6) is 0 Å². The van der Waals surface area contributed by atoms with Crippen molar-refractivity contribution in [3.63, 3.8) is 0 Å². The summed E-state index contributed by atoms with van der Waals surface area (Å²) in [4.78, 5) is 13.3. The quantitative estimate of drug-likeness (QED) is 0.810. The molecule has 2 fully saturated rings. The molecule has 1 unspecified atom stereocenters. The fourth-order valence-corrected chi connectivity index (χ4v) is 2.96. The molecule has 0 aliphatic carbocycles. The average Bonchev–Trinajstić information content (AvgIpc) is 2.50. The van der Waals surface area contributed by atoms with Crippen molar-refractivity contribution in [2.45, 2.75) is 51.4 Å². The fraction of sp³-hybridized carbons (Fsp3) is 0.611. The van der Waals surface area contributed by atoms with Crippen LogP contribution in [-0.2, 0) is 20.7 Å². The van der Waals surface area contributed by atoms with Crippen molar-refractivity contribution in [1.82, 2.24) is 0 Å². The van der Waals surface area contributed by atoms with E-state index >= 15 is 0 Å². The molecule has 1 aromatic carbocycles. The molecule has 0 saturated carbocycles. The Morgan fingerprint density at radius 1 is 1.27 bits per heavy atom. The maximum absolute atomic E-state index is 11.0. The summed E-state index contributed by atoms with van der Waals surface area (Å²) in [6, 6.07) is 8.53. The SMILES string of the molecule is CC(=O)CCc1ccc(N2CC(OC3CCCCO3)C2)cc1. The largest absolute Gasteiger partial charge is 0.366 e. The van der Waals surface area contributed by atoms with Crippen LogP contribution >= 0.6 is 0 Å². The van der Waals surface area contributed by atoms with Gasteiger partial charge in [0.15, 0.2) is 6.29 Å². The van der Waals surface area contributed by atoms with Crippen molar-refractivity contribution in [3.05, 3.63) is 29.8 Å². The fourth-order valence-electron chi connectivity index (χ4n) is 2.96. The van der Waals surface area contributed by atoms with E-state index < -0.39 is 0 Å². The van der Waals surface area contributed by atoms with Crippen LogP contribution in [0, 0.1) is 0 Å². The predicted molar refractivity (Wildman–Crippen MR) is 86.1 cm³/mol. The zero-order valence-electron chi connectivity index (χ0n) is 13.3. The van der Waals surface area contributed by atoms with Crippen molar-refractivity contribution in [3.8, 4) is 0 Å². The maximum Gasteiger partial charge on any atom is 0.158 e. The molecule has 2 saturated heterocycles. The van der Waals surface area contributed by atoms with Crippen LogP contribution in [0.3, 0.4) is 0 Å². The van der Waals surface area contributed by atoms with Crippen molar-refractivity contribution in [1.29, 1.82) is 0 Å². The smallest absolute Gasteiger partial charge is 0.158 e. The molecule has 0 bridgehead atoms. The Morgan fingerprint density at radius 3 is 2.68 bits per heavy atom. The van der Waals surface area contributed by atoms with Gasteiger partial charge in [0.25, 0.3) is 0 Å². The second-order valence-corrected chi connectivity index (χ2v) is 6.33. The highest BCUT2D eigenvalue weighted by atomic mass is 16.7. The highest BCUT2D eigenvalue weighted by Crippen LogP contribution is 2.25. The predicted octanol–water partition coefficient (Wildman–Crippen LogP) is 2.94. The summed E-state index contributed by atoms with van der Waals surface area (Å²) in [5.74, 6) is 0.247. The van der Waals surface area contributed by atoms with Gasteiger partial charge >= 0.3 is 0 Å².